The maximum absolute atomic E-state index is 13.6. The smallest absolute Gasteiger partial charge is 0.267 e. The largest absolute Gasteiger partial charge is 0.507 e. The second-order valence-corrected chi connectivity index (χ2v) is 7.00. The van der Waals surface area contributed by atoms with Crippen molar-refractivity contribution < 1.29 is 9.84 Å². The summed E-state index contributed by atoms with van der Waals surface area (Å²) in [6.45, 7) is 2.88. The van der Waals surface area contributed by atoms with E-state index >= 15 is 0 Å². The van der Waals surface area contributed by atoms with E-state index < -0.39 is 0 Å². The maximum Gasteiger partial charge on any atom is 0.267 e. The Morgan fingerprint density at radius 3 is 2.57 bits per heavy atom. The lowest BCUT2D eigenvalue weighted by Crippen LogP contribution is -2.25. The maximum atomic E-state index is 13.6. The van der Waals surface area contributed by atoms with Gasteiger partial charge in [-0.1, -0.05) is 49.4 Å². The van der Waals surface area contributed by atoms with Gasteiger partial charge in [0.25, 0.3) is 5.56 Å². The predicted octanol–water partition coefficient (Wildman–Crippen LogP) is 4.20. The molecular formula is C24H23N3O3. The lowest BCUT2D eigenvalue weighted by molar-refractivity contribution is 0.309. The molecular weight excluding hydrogens is 378 g/mol. The van der Waals surface area contributed by atoms with E-state index in [-0.39, 0.29) is 11.3 Å². The number of aromatic nitrogens is 3. The first kappa shape index (κ1) is 19.6. The highest BCUT2D eigenvalue weighted by atomic mass is 16.5. The van der Waals surface area contributed by atoms with Crippen molar-refractivity contribution in [3.8, 4) is 23.0 Å². The Balaban J connectivity index is 1.90. The first-order valence-electron chi connectivity index (χ1n) is 10.0. The minimum Gasteiger partial charge on any atom is -0.507 e. The Bertz CT molecular complexity index is 1220. The summed E-state index contributed by atoms with van der Waals surface area (Å²) in [5.74, 6) is 0.798. The Morgan fingerprint density at radius 2 is 1.80 bits per heavy atom. The number of aromatic hydroxyl groups is 1. The van der Waals surface area contributed by atoms with Crippen LogP contribution in [0.2, 0.25) is 0 Å². The molecule has 0 radical (unpaired) electrons. The third-order valence-corrected chi connectivity index (χ3v) is 4.89. The van der Waals surface area contributed by atoms with Gasteiger partial charge in [-0.15, -0.1) is 0 Å². The van der Waals surface area contributed by atoms with Gasteiger partial charge in [-0.25, -0.2) is 9.97 Å². The number of fused-ring (bicyclic) bond motifs is 1. The lowest BCUT2D eigenvalue weighted by Gasteiger charge is -2.16. The van der Waals surface area contributed by atoms with Crippen LogP contribution in [0.15, 0.2) is 71.7 Å². The molecule has 6 heteroatoms. The van der Waals surface area contributed by atoms with Crippen molar-refractivity contribution >= 4 is 10.9 Å². The van der Waals surface area contributed by atoms with Gasteiger partial charge in [0.2, 0.25) is 5.88 Å². The molecule has 152 valence electrons. The number of phenols is 1. The second-order valence-electron chi connectivity index (χ2n) is 7.00. The van der Waals surface area contributed by atoms with E-state index in [0.29, 0.717) is 47.7 Å². The molecule has 6 nitrogen and oxygen atoms in total. The number of benzene rings is 2. The topological polar surface area (TPSA) is 77.2 Å². The number of hydrogen-bond acceptors (Lipinski definition) is 5. The van der Waals surface area contributed by atoms with E-state index in [9.17, 15) is 9.90 Å². The van der Waals surface area contributed by atoms with E-state index in [2.05, 4.69) is 4.98 Å². The molecule has 0 saturated heterocycles. The van der Waals surface area contributed by atoms with Crippen molar-refractivity contribution in [3.63, 3.8) is 0 Å². The molecule has 0 spiro atoms. The van der Waals surface area contributed by atoms with E-state index in [1.54, 1.807) is 35.0 Å². The van der Waals surface area contributed by atoms with Gasteiger partial charge in [-0.2, -0.15) is 0 Å². The summed E-state index contributed by atoms with van der Waals surface area (Å²) in [5, 5.41) is 10.8. The summed E-state index contributed by atoms with van der Waals surface area (Å²) in [7, 11) is 0. The molecule has 0 fully saturated rings. The van der Waals surface area contributed by atoms with Crippen molar-refractivity contribution in [1.82, 2.24) is 14.5 Å². The molecule has 0 amide bonds. The zero-order valence-corrected chi connectivity index (χ0v) is 16.8. The zero-order chi connectivity index (χ0) is 20.9. The number of pyridine rings is 1. The molecule has 2 aromatic carbocycles. The summed E-state index contributed by atoms with van der Waals surface area (Å²) in [4.78, 5) is 22.6. The van der Waals surface area contributed by atoms with Crippen LogP contribution < -0.4 is 10.3 Å². The van der Waals surface area contributed by atoms with Crippen LogP contribution in [0.1, 0.15) is 18.9 Å². The molecule has 0 unspecified atom stereocenters. The molecule has 0 aliphatic rings. The number of para-hydroxylation sites is 1. The van der Waals surface area contributed by atoms with Crippen LogP contribution in [0.5, 0.6) is 11.6 Å². The SMILES string of the molecule is CCCOc1nccc2nc(-c3ccccc3O)n(CCc3ccccc3)c(=O)c12. The minimum atomic E-state index is -0.228. The number of rotatable bonds is 7. The van der Waals surface area contributed by atoms with Crippen LogP contribution in [0.3, 0.4) is 0 Å². The number of nitrogens with zero attached hydrogens (tertiary/aromatic N) is 3. The lowest BCUT2D eigenvalue weighted by atomic mass is 10.1. The highest BCUT2D eigenvalue weighted by Crippen LogP contribution is 2.29. The average Bonchev–Trinajstić information content (AvgIpc) is 2.78. The van der Waals surface area contributed by atoms with E-state index in [1.807, 2.05) is 43.3 Å². The zero-order valence-electron chi connectivity index (χ0n) is 16.8. The molecule has 4 aromatic rings. The van der Waals surface area contributed by atoms with Crippen LogP contribution in [-0.2, 0) is 13.0 Å². The molecule has 1 N–H and O–H groups in total. The monoisotopic (exact) mass is 401 g/mol. The van der Waals surface area contributed by atoms with E-state index in [4.69, 9.17) is 9.72 Å². The van der Waals surface area contributed by atoms with Gasteiger partial charge >= 0.3 is 0 Å². The van der Waals surface area contributed by atoms with Gasteiger partial charge in [-0.3, -0.25) is 9.36 Å². The fourth-order valence-electron chi connectivity index (χ4n) is 3.40. The predicted molar refractivity (Wildman–Crippen MR) is 117 cm³/mol. The van der Waals surface area contributed by atoms with Crippen LogP contribution in [0, 0.1) is 0 Å². The molecule has 30 heavy (non-hydrogen) atoms. The first-order valence-corrected chi connectivity index (χ1v) is 10.0. The van der Waals surface area contributed by atoms with Gasteiger partial charge in [0.1, 0.15) is 17.0 Å². The van der Waals surface area contributed by atoms with Crippen molar-refractivity contribution in [2.45, 2.75) is 26.3 Å². The molecule has 2 aromatic heterocycles. The quantitative estimate of drug-likeness (QED) is 0.502. The van der Waals surface area contributed by atoms with Crippen molar-refractivity contribution in [3.05, 3.63) is 82.8 Å². The molecule has 0 bridgehead atoms. The van der Waals surface area contributed by atoms with E-state index in [0.717, 1.165) is 12.0 Å². The van der Waals surface area contributed by atoms with Crippen molar-refractivity contribution in [2.24, 2.45) is 0 Å². The van der Waals surface area contributed by atoms with Gasteiger partial charge in [0.15, 0.2) is 0 Å². The van der Waals surface area contributed by atoms with Gasteiger partial charge in [-0.05, 0) is 36.6 Å². The Morgan fingerprint density at radius 1 is 1.03 bits per heavy atom. The third kappa shape index (κ3) is 3.89. The number of aryl methyl sites for hydroxylation is 1. The molecule has 0 saturated carbocycles. The molecule has 4 rings (SSSR count). The average molecular weight is 401 g/mol. The fraction of sp³-hybridized carbons (Fsp3) is 0.208. The van der Waals surface area contributed by atoms with Gasteiger partial charge < -0.3 is 9.84 Å². The standard InChI is InChI=1S/C24H23N3O3/c1-2-16-30-23-21-19(12-14-25-23)26-22(18-10-6-7-11-20(18)28)27(24(21)29)15-13-17-8-4-3-5-9-17/h3-12,14,28H,2,13,15-16H2,1H3. The highest BCUT2D eigenvalue weighted by Gasteiger charge is 2.18. The van der Waals surface area contributed by atoms with Crippen LogP contribution in [0.25, 0.3) is 22.3 Å². The van der Waals surface area contributed by atoms with Crippen molar-refractivity contribution in [1.29, 1.82) is 0 Å². The van der Waals surface area contributed by atoms with Gasteiger partial charge in [0.05, 0.1) is 17.7 Å². The van der Waals surface area contributed by atoms with Crippen LogP contribution in [0.4, 0.5) is 0 Å². The second kappa shape index (κ2) is 8.78. The summed E-state index contributed by atoms with van der Waals surface area (Å²) in [6.07, 6.45) is 3.05. The van der Waals surface area contributed by atoms with Gasteiger partial charge in [0, 0.05) is 12.7 Å². The molecule has 0 aliphatic carbocycles. The summed E-state index contributed by atoms with van der Waals surface area (Å²) >= 11 is 0. The van der Waals surface area contributed by atoms with Crippen molar-refractivity contribution in [2.75, 3.05) is 6.61 Å². The Hall–Kier alpha value is -3.67. The number of ether oxygens (including phenoxy) is 1. The number of hydrogen-bond donors (Lipinski definition) is 1. The minimum absolute atomic E-state index is 0.0775. The molecule has 2 heterocycles. The summed E-state index contributed by atoms with van der Waals surface area (Å²) < 4.78 is 7.32. The van der Waals surface area contributed by atoms with E-state index in [1.165, 1.54) is 0 Å². The van der Waals surface area contributed by atoms with Crippen LogP contribution >= 0.6 is 0 Å². The fourth-order valence-corrected chi connectivity index (χ4v) is 3.40. The third-order valence-electron chi connectivity index (χ3n) is 4.89. The summed E-state index contributed by atoms with van der Waals surface area (Å²) in [5.41, 5.74) is 1.89. The normalized spacial score (nSPS) is 11.0. The summed E-state index contributed by atoms with van der Waals surface area (Å²) in [6, 6.07) is 18.6. The first-order chi connectivity index (χ1) is 14.7. The van der Waals surface area contributed by atoms with Crippen LogP contribution in [-0.4, -0.2) is 26.2 Å². The Kier molecular flexibility index (Phi) is 5.75. The molecule has 0 atom stereocenters. The number of phenolic OH excluding ortho intramolecular Hbond substituents is 1. The molecule has 0 aliphatic heterocycles. The Labute approximate surface area is 174 Å². The highest BCUT2D eigenvalue weighted by molar-refractivity contribution is 5.84.